The molecule has 0 unspecified atom stereocenters. The summed E-state index contributed by atoms with van der Waals surface area (Å²) in [5, 5.41) is 7.40. The molecule has 2 rings (SSSR count). The zero-order valence-corrected chi connectivity index (χ0v) is 12.7. The number of hydrogen-bond donors (Lipinski definition) is 2. The Morgan fingerprint density at radius 3 is 2.42 bits per heavy atom. The zero-order chi connectivity index (χ0) is 13.8. The van der Waals surface area contributed by atoms with E-state index < -0.39 is 0 Å². The summed E-state index contributed by atoms with van der Waals surface area (Å²) in [5.74, 6) is 0.914. The van der Waals surface area contributed by atoms with Gasteiger partial charge in [0.25, 0.3) is 0 Å². The SMILES string of the molecule is COc1ccc(Sc2ccc(C(=N)N)cc2Br)cc1. The molecule has 2 aromatic rings. The molecule has 0 aliphatic rings. The summed E-state index contributed by atoms with van der Waals surface area (Å²) in [7, 11) is 1.65. The molecule has 0 amide bonds. The number of halogens is 1. The van der Waals surface area contributed by atoms with Crippen LogP contribution in [0.15, 0.2) is 56.7 Å². The minimum Gasteiger partial charge on any atom is -0.497 e. The second-order valence-corrected chi connectivity index (χ2v) is 5.81. The lowest BCUT2D eigenvalue weighted by molar-refractivity contribution is 0.414. The molecule has 0 radical (unpaired) electrons. The molecule has 0 aliphatic carbocycles. The molecule has 5 heteroatoms. The third kappa shape index (κ3) is 3.52. The zero-order valence-electron chi connectivity index (χ0n) is 10.3. The van der Waals surface area contributed by atoms with Crippen LogP contribution in [0.4, 0.5) is 0 Å². The fourth-order valence-electron chi connectivity index (χ4n) is 1.52. The van der Waals surface area contributed by atoms with Crippen LogP contribution < -0.4 is 10.5 Å². The lowest BCUT2D eigenvalue weighted by Crippen LogP contribution is -2.10. The maximum absolute atomic E-state index is 7.40. The van der Waals surface area contributed by atoms with Crippen molar-refractivity contribution in [2.45, 2.75) is 9.79 Å². The van der Waals surface area contributed by atoms with Crippen molar-refractivity contribution in [1.82, 2.24) is 0 Å². The molecule has 0 bridgehead atoms. The first-order valence-corrected chi connectivity index (χ1v) is 7.17. The van der Waals surface area contributed by atoms with E-state index in [4.69, 9.17) is 15.9 Å². The smallest absolute Gasteiger partial charge is 0.122 e. The first-order chi connectivity index (χ1) is 9.10. The number of nitrogens with one attached hydrogen (secondary N) is 1. The average Bonchev–Trinajstić information content (AvgIpc) is 2.41. The van der Waals surface area contributed by atoms with Gasteiger partial charge >= 0.3 is 0 Å². The molecule has 0 heterocycles. The molecule has 3 nitrogen and oxygen atoms in total. The molecular formula is C14H13BrN2OS. The van der Waals surface area contributed by atoms with Crippen LogP contribution in [0.1, 0.15) is 5.56 Å². The summed E-state index contributed by atoms with van der Waals surface area (Å²) >= 11 is 5.14. The standard InChI is InChI=1S/C14H13BrN2OS/c1-18-10-3-5-11(6-4-10)19-13-7-2-9(14(16)17)8-12(13)15/h2-8H,1H3,(H3,16,17). The topological polar surface area (TPSA) is 59.1 Å². The van der Waals surface area contributed by atoms with E-state index in [9.17, 15) is 0 Å². The molecule has 0 saturated carbocycles. The summed E-state index contributed by atoms with van der Waals surface area (Å²) in [6.07, 6.45) is 0. The Hall–Kier alpha value is -1.46. The minimum atomic E-state index is 0.0710. The number of hydrogen-bond acceptors (Lipinski definition) is 3. The van der Waals surface area contributed by atoms with Gasteiger partial charge in [0, 0.05) is 19.8 Å². The molecule has 19 heavy (non-hydrogen) atoms. The number of rotatable bonds is 4. The van der Waals surface area contributed by atoms with Gasteiger partial charge in [0.15, 0.2) is 0 Å². The predicted octanol–water partition coefficient (Wildman–Crippen LogP) is 3.89. The van der Waals surface area contributed by atoms with Gasteiger partial charge in [-0.1, -0.05) is 17.8 Å². The van der Waals surface area contributed by atoms with E-state index in [2.05, 4.69) is 15.9 Å². The largest absolute Gasteiger partial charge is 0.497 e. The summed E-state index contributed by atoms with van der Waals surface area (Å²) in [6, 6.07) is 13.5. The van der Waals surface area contributed by atoms with E-state index in [0.717, 1.165) is 20.0 Å². The van der Waals surface area contributed by atoms with E-state index in [0.29, 0.717) is 5.56 Å². The third-order valence-electron chi connectivity index (χ3n) is 2.53. The monoisotopic (exact) mass is 336 g/mol. The predicted molar refractivity (Wildman–Crippen MR) is 82.3 cm³/mol. The van der Waals surface area contributed by atoms with Gasteiger partial charge in [0.1, 0.15) is 11.6 Å². The Bertz CT molecular complexity index is 599. The van der Waals surface area contributed by atoms with Crippen LogP contribution in [0.2, 0.25) is 0 Å². The first kappa shape index (κ1) is 14.0. The highest BCUT2D eigenvalue weighted by atomic mass is 79.9. The van der Waals surface area contributed by atoms with Gasteiger partial charge in [-0.15, -0.1) is 0 Å². The van der Waals surface area contributed by atoms with Crippen LogP contribution in [0.5, 0.6) is 5.75 Å². The van der Waals surface area contributed by atoms with Crippen LogP contribution in [-0.4, -0.2) is 12.9 Å². The van der Waals surface area contributed by atoms with Crippen molar-refractivity contribution in [3.8, 4) is 5.75 Å². The van der Waals surface area contributed by atoms with Crippen molar-refractivity contribution in [3.05, 3.63) is 52.5 Å². The highest BCUT2D eigenvalue weighted by molar-refractivity contribution is 9.10. The van der Waals surface area contributed by atoms with Crippen molar-refractivity contribution >= 4 is 33.5 Å². The number of nitrogens with two attached hydrogens (primary N) is 1. The van der Waals surface area contributed by atoms with Gasteiger partial charge in [-0.25, -0.2) is 0 Å². The Kier molecular flexibility index (Phi) is 4.50. The molecule has 0 fully saturated rings. The Morgan fingerprint density at radius 2 is 1.89 bits per heavy atom. The number of nitrogen functional groups attached to an aromatic ring is 1. The van der Waals surface area contributed by atoms with E-state index in [1.807, 2.05) is 42.5 Å². The summed E-state index contributed by atoms with van der Waals surface area (Å²) in [6.45, 7) is 0. The second kappa shape index (κ2) is 6.12. The van der Waals surface area contributed by atoms with Crippen molar-refractivity contribution in [2.75, 3.05) is 7.11 Å². The van der Waals surface area contributed by atoms with Gasteiger partial charge in [0.2, 0.25) is 0 Å². The molecule has 3 N–H and O–H groups in total. The van der Waals surface area contributed by atoms with Crippen LogP contribution in [0.3, 0.4) is 0 Å². The number of amidine groups is 1. The van der Waals surface area contributed by atoms with Crippen molar-refractivity contribution < 1.29 is 4.74 Å². The van der Waals surface area contributed by atoms with Crippen LogP contribution >= 0.6 is 27.7 Å². The van der Waals surface area contributed by atoms with E-state index in [-0.39, 0.29) is 5.84 Å². The van der Waals surface area contributed by atoms with Gasteiger partial charge in [-0.2, -0.15) is 0 Å². The maximum Gasteiger partial charge on any atom is 0.122 e. The quantitative estimate of drug-likeness (QED) is 0.657. The molecule has 0 aliphatic heterocycles. The third-order valence-corrected chi connectivity index (χ3v) is 4.53. The number of methoxy groups -OCH3 is 1. The first-order valence-electron chi connectivity index (χ1n) is 5.56. The molecular weight excluding hydrogens is 324 g/mol. The van der Waals surface area contributed by atoms with Crippen LogP contribution in [0, 0.1) is 5.41 Å². The summed E-state index contributed by atoms with van der Waals surface area (Å²) in [5.41, 5.74) is 6.17. The lowest BCUT2D eigenvalue weighted by Gasteiger charge is -2.07. The number of ether oxygens (including phenoxy) is 1. The van der Waals surface area contributed by atoms with Gasteiger partial charge in [0.05, 0.1) is 7.11 Å². The Balaban J connectivity index is 2.20. The second-order valence-electron chi connectivity index (χ2n) is 3.84. The molecule has 0 aromatic heterocycles. The molecule has 98 valence electrons. The average molecular weight is 337 g/mol. The van der Waals surface area contributed by atoms with E-state index in [1.54, 1.807) is 18.9 Å². The fraction of sp³-hybridized carbons (Fsp3) is 0.0714. The van der Waals surface area contributed by atoms with Crippen LogP contribution in [0.25, 0.3) is 0 Å². The Morgan fingerprint density at radius 1 is 1.21 bits per heavy atom. The molecule has 0 atom stereocenters. The molecule has 2 aromatic carbocycles. The molecule has 0 saturated heterocycles. The maximum atomic E-state index is 7.40. The van der Waals surface area contributed by atoms with E-state index in [1.165, 1.54) is 0 Å². The fourth-order valence-corrected chi connectivity index (χ4v) is 2.96. The summed E-state index contributed by atoms with van der Waals surface area (Å²) < 4.78 is 6.06. The normalized spacial score (nSPS) is 10.2. The highest BCUT2D eigenvalue weighted by Gasteiger charge is 2.05. The van der Waals surface area contributed by atoms with Gasteiger partial charge < -0.3 is 10.5 Å². The van der Waals surface area contributed by atoms with Gasteiger partial charge in [-0.05, 0) is 52.3 Å². The molecule has 0 spiro atoms. The van der Waals surface area contributed by atoms with Gasteiger partial charge in [-0.3, -0.25) is 5.41 Å². The minimum absolute atomic E-state index is 0.0710. The lowest BCUT2D eigenvalue weighted by atomic mass is 10.2. The number of benzene rings is 2. The van der Waals surface area contributed by atoms with E-state index >= 15 is 0 Å². The van der Waals surface area contributed by atoms with Crippen molar-refractivity contribution in [1.29, 1.82) is 5.41 Å². The summed E-state index contributed by atoms with van der Waals surface area (Å²) in [4.78, 5) is 2.20. The van der Waals surface area contributed by atoms with Crippen molar-refractivity contribution in [3.63, 3.8) is 0 Å². The van der Waals surface area contributed by atoms with Crippen molar-refractivity contribution in [2.24, 2.45) is 5.73 Å². The highest BCUT2D eigenvalue weighted by Crippen LogP contribution is 2.34. The Labute approximate surface area is 124 Å². The van der Waals surface area contributed by atoms with Crippen LogP contribution in [-0.2, 0) is 0 Å².